The van der Waals surface area contributed by atoms with E-state index in [2.05, 4.69) is 30.8 Å². The molecule has 0 aliphatic heterocycles. The Morgan fingerprint density at radius 2 is 1.84 bits per heavy atom. The van der Waals surface area contributed by atoms with Gasteiger partial charge in [0.15, 0.2) is 0 Å². The number of carbonyl (C=O) groups is 2. The summed E-state index contributed by atoms with van der Waals surface area (Å²) < 4.78 is 4.64. The second kappa shape index (κ2) is 6.92. The number of methoxy groups -OCH3 is 1. The van der Waals surface area contributed by atoms with Crippen LogP contribution in [0.5, 0.6) is 0 Å². The largest absolute Gasteiger partial charge is 0.467 e. The van der Waals surface area contributed by atoms with Crippen LogP contribution in [0.25, 0.3) is 0 Å². The first-order chi connectivity index (χ1) is 8.86. The van der Waals surface area contributed by atoms with Crippen LogP contribution in [0.2, 0.25) is 0 Å². The Bertz CT molecular complexity index is 327. The molecule has 4 nitrogen and oxygen atoms in total. The van der Waals surface area contributed by atoms with E-state index >= 15 is 0 Å². The fourth-order valence-corrected chi connectivity index (χ4v) is 3.06. The van der Waals surface area contributed by atoms with Crippen molar-refractivity contribution in [1.29, 1.82) is 0 Å². The second-order valence-corrected chi connectivity index (χ2v) is 6.19. The normalized spacial score (nSPS) is 28.8. The first-order valence-corrected chi connectivity index (χ1v) is 7.25. The monoisotopic (exact) mass is 269 g/mol. The quantitative estimate of drug-likeness (QED) is 0.797. The third kappa shape index (κ3) is 4.22. The maximum atomic E-state index is 12.4. The van der Waals surface area contributed by atoms with E-state index in [4.69, 9.17) is 0 Å². The molecule has 0 aromatic carbocycles. The lowest BCUT2D eigenvalue weighted by Crippen LogP contribution is -2.46. The minimum atomic E-state index is -0.567. The number of hydrogen-bond donors (Lipinski definition) is 1. The van der Waals surface area contributed by atoms with Gasteiger partial charge in [0.25, 0.3) is 0 Å². The molecule has 110 valence electrons. The van der Waals surface area contributed by atoms with Gasteiger partial charge in [0.1, 0.15) is 6.04 Å². The van der Waals surface area contributed by atoms with E-state index in [0.29, 0.717) is 17.8 Å². The first kappa shape index (κ1) is 16.0. The summed E-state index contributed by atoms with van der Waals surface area (Å²) >= 11 is 0. The van der Waals surface area contributed by atoms with Crippen LogP contribution in [0.3, 0.4) is 0 Å². The molecule has 1 aliphatic rings. The van der Waals surface area contributed by atoms with Crippen molar-refractivity contribution in [2.75, 3.05) is 7.11 Å². The summed E-state index contributed by atoms with van der Waals surface area (Å²) in [4.78, 5) is 23.7. The fraction of sp³-hybridized carbons (Fsp3) is 0.867. The molecule has 4 heteroatoms. The highest BCUT2D eigenvalue weighted by molar-refractivity contribution is 5.85. The lowest BCUT2D eigenvalue weighted by molar-refractivity contribution is -0.145. The van der Waals surface area contributed by atoms with Gasteiger partial charge in [-0.15, -0.1) is 0 Å². The molecule has 2 unspecified atom stereocenters. The van der Waals surface area contributed by atoms with E-state index in [1.807, 2.05) is 0 Å². The smallest absolute Gasteiger partial charge is 0.328 e. The summed E-state index contributed by atoms with van der Waals surface area (Å²) in [5, 5.41) is 2.79. The molecule has 1 rings (SSSR count). The molecule has 1 fully saturated rings. The summed E-state index contributed by atoms with van der Waals surface area (Å²) in [6, 6.07) is -0.567. The summed E-state index contributed by atoms with van der Waals surface area (Å²) in [7, 11) is 1.34. The molecule has 1 N–H and O–H groups in total. The van der Waals surface area contributed by atoms with E-state index in [1.54, 1.807) is 6.92 Å². The lowest BCUT2D eigenvalue weighted by atomic mass is 9.69. The summed E-state index contributed by atoms with van der Waals surface area (Å²) in [6.07, 6.45) is 3.21. The van der Waals surface area contributed by atoms with E-state index in [9.17, 15) is 9.59 Å². The zero-order valence-corrected chi connectivity index (χ0v) is 12.7. The second-order valence-electron chi connectivity index (χ2n) is 6.19. The van der Waals surface area contributed by atoms with Crippen molar-refractivity contribution in [3.05, 3.63) is 0 Å². The number of esters is 1. The van der Waals surface area contributed by atoms with Gasteiger partial charge in [-0.3, -0.25) is 4.79 Å². The van der Waals surface area contributed by atoms with E-state index in [-0.39, 0.29) is 11.8 Å². The molecular weight excluding hydrogens is 242 g/mol. The Labute approximate surface area is 116 Å². The maximum Gasteiger partial charge on any atom is 0.328 e. The molecule has 0 heterocycles. The van der Waals surface area contributed by atoms with Crippen LogP contribution < -0.4 is 5.32 Å². The van der Waals surface area contributed by atoms with Crippen molar-refractivity contribution >= 4 is 11.9 Å². The molecule has 4 atom stereocenters. The molecule has 1 amide bonds. The number of rotatable bonds is 4. The Hall–Kier alpha value is -1.06. The SMILES string of the molecule is COC(=O)C(C)NC(=O)[C@@H]1C[C@H](C)CCC1C(C)C. The average molecular weight is 269 g/mol. The number of hydrogen-bond acceptors (Lipinski definition) is 3. The maximum absolute atomic E-state index is 12.4. The molecule has 0 saturated heterocycles. The number of amides is 1. The number of ether oxygens (including phenoxy) is 1. The van der Waals surface area contributed by atoms with Crippen molar-refractivity contribution in [1.82, 2.24) is 5.32 Å². The Morgan fingerprint density at radius 1 is 1.21 bits per heavy atom. The van der Waals surface area contributed by atoms with Gasteiger partial charge in [-0.05, 0) is 37.5 Å². The molecule has 0 aromatic rings. The van der Waals surface area contributed by atoms with Crippen molar-refractivity contribution < 1.29 is 14.3 Å². The van der Waals surface area contributed by atoms with Crippen molar-refractivity contribution in [2.45, 2.75) is 53.0 Å². The number of nitrogens with one attached hydrogen (secondary N) is 1. The zero-order valence-electron chi connectivity index (χ0n) is 12.7. The zero-order chi connectivity index (χ0) is 14.6. The van der Waals surface area contributed by atoms with Crippen LogP contribution in [0.1, 0.15) is 47.0 Å². The lowest BCUT2D eigenvalue weighted by Gasteiger charge is -2.36. The van der Waals surface area contributed by atoms with Gasteiger partial charge in [0.05, 0.1) is 7.11 Å². The highest BCUT2D eigenvalue weighted by Crippen LogP contribution is 2.38. The Morgan fingerprint density at radius 3 is 2.37 bits per heavy atom. The number of carbonyl (C=O) groups excluding carboxylic acids is 2. The third-order valence-electron chi connectivity index (χ3n) is 4.27. The topological polar surface area (TPSA) is 55.4 Å². The van der Waals surface area contributed by atoms with Crippen molar-refractivity contribution in [3.63, 3.8) is 0 Å². The van der Waals surface area contributed by atoms with Crippen LogP contribution in [0.15, 0.2) is 0 Å². The van der Waals surface area contributed by atoms with Gasteiger partial charge in [-0.2, -0.15) is 0 Å². The third-order valence-corrected chi connectivity index (χ3v) is 4.27. The first-order valence-electron chi connectivity index (χ1n) is 7.25. The molecule has 1 aliphatic carbocycles. The van der Waals surface area contributed by atoms with E-state index < -0.39 is 12.0 Å². The van der Waals surface area contributed by atoms with E-state index in [0.717, 1.165) is 12.8 Å². The van der Waals surface area contributed by atoms with Gasteiger partial charge in [0.2, 0.25) is 5.91 Å². The van der Waals surface area contributed by atoms with Crippen LogP contribution in [0, 0.1) is 23.7 Å². The molecule has 0 aromatic heterocycles. The molecular formula is C15H27NO3. The van der Waals surface area contributed by atoms with Gasteiger partial charge >= 0.3 is 5.97 Å². The highest BCUT2D eigenvalue weighted by Gasteiger charge is 2.36. The minimum absolute atomic E-state index is 0.00292. The molecule has 0 spiro atoms. The molecule has 19 heavy (non-hydrogen) atoms. The minimum Gasteiger partial charge on any atom is -0.467 e. The summed E-state index contributed by atoms with van der Waals surface area (Å²) in [6.45, 7) is 8.20. The molecule has 0 bridgehead atoms. The Kier molecular flexibility index (Phi) is 5.83. The van der Waals surface area contributed by atoms with Gasteiger partial charge in [0, 0.05) is 5.92 Å². The predicted molar refractivity (Wildman–Crippen MR) is 74.5 cm³/mol. The van der Waals surface area contributed by atoms with Gasteiger partial charge < -0.3 is 10.1 Å². The van der Waals surface area contributed by atoms with E-state index in [1.165, 1.54) is 13.5 Å². The van der Waals surface area contributed by atoms with Crippen LogP contribution >= 0.6 is 0 Å². The summed E-state index contributed by atoms with van der Waals surface area (Å²) in [5.41, 5.74) is 0. The molecule has 1 saturated carbocycles. The predicted octanol–water partition coefficient (Wildman–Crippen LogP) is 2.37. The van der Waals surface area contributed by atoms with Gasteiger partial charge in [-0.25, -0.2) is 4.79 Å². The van der Waals surface area contributed by atoms with Crippen molar-refractivity contribution in [3.8, 4) is 0 Å². The summed E-state index contributed by atoms with van der Waals surface area (Å²) in [5.74, 6) is 1.13. The average Bonchev–Trinajstić information content (AvgIpc) is 2.36. The van der Waals surface area contributed by atoms with Crippen LogP contribution in [0.4, 0.5) is 0 Å². The van der Waals surface area contributed by atoms with Gasteiger partial charge in [-0.1, -0.05) is 27.2 Å². The van der Waals surface area contributed by atoms with Crippen molar-refractivity contribution in [2.24, 2.45) is 23.7 Å². The van der Waals surface area contributed by atoms with Crippen LogP contribution in [-0.4, -0.2) is 25.0 Å². The standard InChI is InChI=1S/C15H27NO3/c1-9(2)12-7-6-10(3)8-13(12)14(17)16-11(4)15(18)19-5/h9-13H,6-8H2,1-5H3,(H,16,17)/t10-,11?,12?,13-/m1/s1. The molecule has 0 radical (unpaired) electrons. The van der Waals surface area contributed by atoms with Crippen LogP contribution in [-0.2, 0) is 14.3 Å². The Balaban J connectivity index is 2.68. The highest BCUT2D eigenvalue weighted by atomic mass is 16.5. The fourth-order valence-electron chi connectivity index (χ4n) is 3.06.